The summed E-state index contributed by atoms with van der Waals surface area (Å²) in [4.78, 5) is 25.5. The van der Waals surface area contributed by atoms with Crippen LogP contribution in [0.3, 0.4) is 0 Å². The number of amides is 1. The van der Waals surface area contributed by atoms with Crippen molar-refractivity contribution < 1.29 is 19.4 Å². The van der Waals surface area contributed by atoms with Crippen LogP contribution in [0.5, 0.6) is 0 Å². The summed E-state index contributed by atoms with van der Waals surface area (Å²) in [5.74, 6) is -1.19. The van der Waals surface area contributed by atoms with Gasteiger partial charge in [-0.1, -0.05) is 13.3 Å². The predicted molar refractivity (Wildman–Crippen MR) is 69.6 cm³/mol. The standard InChI is InChI=1S/C14H23NO4/c1-9-6-7-15(8-12(9)19-2)13(16)10-4-3-5-11(10)14(17)18/h9-12H,3-8H2,1-2H3,(H,17,18)/t9?,10-,11+,12?/m1/s1. The maximum Gasteiger partial charge on any atom is 0.307 e. The van der Waals surface area contributed by atoms with Crippen molar-refractivity contribution in [3.8, 4) is 0 Å². The van der Waals surface area contributed by atoms with Crippen LogP contribution in [-0.4, -0.2) is 48.2 Å². The van der Waals surface area contributed by atoms with Crippen molar-refractivity contribution in [2.75, 3.05) is 20.2 Å². The minimum absolute atomic E-state index is 0.0128. The van der Waals surface area contributed by atoms with Gasteiger partial charge in [0.15, 0.2) is 0 Å². The third kappa shape index (κ3) is 2.91. The fraction of sp³-hybridized carbons (Fsp3) is 0.857. The molecule has 0 aromatic rings. The van der Waals surface area contributed by atoms with Gasteiger partial charge in [-0.15, -0.1) is 0 Å². The first kappa shape index (κ1) is 14.3. The van der Waals surface area contributed by atoms with Gasteiger partial charge in [-0.05, 0) is 25.2 Å². The largest absolute Gasteiger partial charge is 0.481 e. The van der Waals surface area contributed by atoms with Crippen molar-refractivity contribution in [1.82, 2.24) is 4.90 Å². The highest BCUT2D eigenvalue weighted by Gasteiger charge is 2.41. The number of nitrogens with zero attached hydrogens (tertiary/aromatic N) is 1. The summed E-state index contributed by atoms with van der Waals surface area (Å²) in [6.45, 7) is 3.45. The molecule has 1 aliphatic carbocycles. The third-order valence-corrected chi connectivity index (χ3v) is 4.65. The Bertz CT molecular complexity index is 357. The second kappa shape index (κ2) is 5.90. The molecule has 108 valence electrons. The number of aliphatic carboxylic acids is 1. The van der Waals surface area contributed by atoms with Gasteiger partial charge in [0.05, 0.1) is 17.9 Å². The zero-order valence-corrected chi connectivity index (χ0v) is 11.7. The van der Waals surface area contributed by atoms with E-state index in [1.54, 1.807) is 12.0 Å². The van der Waals surface area contributed by atoms with E-state index in [2.05, 4.69) is 6.92 Å². The molecule has 2 aliphatic rings. The molecule has 5 nitrogen and oxygen atoms in total. The number of carbonyl (C=O) groups is 2. The zero-order valence-electron chi connectivity index (χ0n) is 11.7. The molecular weight excluding hydrogens is 246 g/mol. The van der Waals surface area contributed by atoms with Gasteiger partial charge < -0.3 is 14.7 Å². The number of likely N-dealkylation sites (tertiary alicyclic amines) is 1. The van der Waals surface area contributed by atoms with Gasteiger partial charge >= 0.3 is 5.97 Å². The number of carboxylic acid groups (broad SMARTS) is 1. The molecule has 1 N–H and O–H groups in total. The summed E-state index contributed by atoms with van der Waals surface area (Å²) < 4.78 is 5.41. The van der Waals surface area contributed by atoms with Crippen LogP contribution >= 0.6 is 0 Å². The Balaban J connectivity index is 2.01. The molecule has 0 radical (unpaired) electrons. The summed E-state index contributed by atoms with van der Waals surface area (Å²) in [7, 11) is 1.67. The van der Waals surface area contributed by atoms with E-state index in [1.165, 1.54) is 0 Å². The van der Waals surface area contributed by atoms with Gasteiger partial charge in [-0.2, -0.15) is 0 Å². The first-order valence-corrected chi connectivity index (χ1v) is 7.09. The lowest BCUT2D eigenvalue weighted by Crippen LogP contribution is -2.49. The number of rotatable bonds is 3. The number of carboxylic acids is 1. The van der Waals surface area contributed by atoms with E-state index in [-0.39, 0.29) is 17.9 Å². The van der Waals surface area contributed by atoms with Gasteiger partial charge in [-0.25, -0.2) is 0 Å². The molecule has 2 rings (SSSR count). The van der Waals surface area contributed by atoms with Crippen LogP contribution in [0.2, 0.25) is 0 Å². The van der Waals surface area contributed by atoms with E-state index >= 15 is 0 Å². The molecule has 1 amide bonds. The number of ether oxygens (including phenoxy) is 1. The van der Waals surface area contributed by atoms with E-state index in [9.17, 15) is 14.7 Å². The highest BCUT2D eigenvalue weighted by atomic mass is 16.5. The van der Waals surface area contributed by atoms with E-state index < -0.39 is 11.9 Å². The van der Waals surface area contributed by atoms with Crippen LogP contribution in [0, 0.1) is 17.8 Å². The van der Waals surface area contributed by atoms with E-state index in [1.807, 2.05) is 0 Å². The maximum absolute atomic E-state index is 12.5. The average molecular weight is 269 g/mol. The topological polar surface area (TPSA) is 66.8 Å². The van der Waals surface area contributed by atoms with Gasteiger partial charge in [0.1, 0.15) is 0 Å². The van der Waals surface area contributed by atoms with E-state index in [4.69, 9.17) is 4.74 Å². The van der Waals surface area contributed by atoms with Gasteiger partial charge in [0.2, 0.25) is 5.91 Å². The molecular formula is C14H23NO4. The average Bonchev–Trinajstić information content (AvgIpc) is 2.87. The number of hydrogen-bond donors (Lipinski definition) is 1. The molecule has 0 spiro atoms. The van der Waals surface area contributed by atoms with Gasteiger partial charge in [-0.3, -0.25) is 9.59 Å². The molecule has 2 unspecified atom stereocenters. The Morgan fingerprint density at radius 3 is 2.53 bits per heavy atom. The molecule has 1 heterocycles. The van der Waals surface area contributed by atoms with Crippen molar-refractivity contribution in [2.45, 2.75) is 38.7 Å². The Kier molecular flexibility index (Phi) is 4.45. The highest BCUT2D eigenvalue weighted by Crippen LogP contribution is 2.34. The molecule has 1 aliphatic heterocycles. The van der Waals surface area contributed by atoms with Crippen LogP contribution in [0.1, 0.15) is 32.6 Å². The molecule has 0 aromatic carbocycles. The van der Waals surface area contributed by atoms with Crippen molar-refractivity contribution in [2.24, 2.45) is 17.8 Å². The number of methoxy groups -OCH3 is 1. The van der Waals surface area contributed by atoms with Crippen LogP contribution in [0.4, 0.5) is 0 Å². The van der Waals surface area contributed by atoms with Crippen LogP contribution in [0.25, 0.3) is 0 Å². The third-order valence-electron chi connectivity index (χ3n) is 4.65. The lowest BCUT2D eigenvalue weighted by atomic mass is 9.91. The smallest absolute Gasteiger partial charge is 0.307 e. The van der Waals surface area contributed by atoms with Gasteiger partial charge in [0, 0.05) is 20.2 Å². The molecule has 1 saturated carbocycles. The normalized spacial score (nSPS) is 35.4. The van der Waals surface area contributed by atoms with Crippen LogP contribution in [0.15, 0.2) is 0 Å². The Labute approximate surface area is 113 Å². The second-order valence-electron chi connectivity index (χ2n) is 5.81. The summed E-state index contributed by atoms with van der Waals surface area (Å²) >= 11 is 0. The SMILES string of the molecule is COC1CN(C(=O)[C@@H]2CCC[C@@H]2C(=O)O)CCC1C. The second-order valence-corrected chi connectivity index (χ2v) is 5.81. The Morgan fingerprint density at radius 1 is 1.21 bits per heavy atom. The maximum atomic E-state index is 12.5. The summed E-state index contributed by atoms with van der Waals surface area (Å²) in [6.07, 6.45) is 3.17. The fourth-order valence-electron chi connectivity index (χ4n) is 3.33. The Morgan fingerprint density at radius 2 is 1.89 bits per heavy atom. The van der Waals surface area contributed by atoms with Gasteiger partial charge in [0.25, 0.3) is 0 Å². The molecule has 4 atom stereocenters. The molecule has 1 saturated heterocycles. The van der Waals surface area contributed by atoms with Crippen molar-refractivity contribution >= 4 is 11.9 Å². The summed E-state index contributed by atoms with van der Waals surface area (Å²) in [5.41, 5.74) is 0. The fourth-order valence-corrected chi connectivity index (χ4v) is 3.33. The lowest BCUT2D eigenvalue weighted by Gasteiger charge is -2.37. The summed E-state index contributed by atoms with van der Waals surface area (Å²) in [5, 5.41) is 9.18. The van der Waals surface area contributed by atoms with E-state index in [0.29, 0.717) is 25.3 Å². The zero-order chi connectivity index (χ0) is 14.0. The van der Waals surface area contributed by atoms with Crippen molar-refractivity contribution in [3.63, 3.8) is 0 Å². The molecule has 0 bridgehead atoms. The predicted octanol–water partition coefficient (Wildman–Crippen LogP) is 1.37. The number of carbonyl (C=O) groups excluding carboxylic acids is 1. The number of piperidine rings is 1. The first-order valence-electron chi connectivity index (χ1n) is 7.09. The lowest BCUT2D eigenvalue weighted by molar-refractivity contribution is -0.151. The highest BCUT2D eigenvalue weighted by molar-refractivity contribution is 5.85. The van der Waals surface area contributed by atoms with E-state index in [0.717, 1.165) is 19.4 Å². The summed E-state index contributed by atoms with van der Waals surface area (Å²) in [6, 6.07) is 0. The van der Waals surface area contributed by atoms with Crippen LogP contribution in [-0.2, 0) is 14.3 Å². The molecule has 19 heavy (non-hydrogen) atoms. The van der Waals surface area contributed by atoms with Crippen LogP contribution < -0.4 is 0 Å². The molecule has 2 fully saturated rings. The number of hydrogen-bond acceptors (Lipinski definition) is 3. The Hall–Kier alpha value is -1.10. The quantitative estimate of drug-likeness (QED) is 0.840. The molecule has 5 heteroatoms. The van der Waals surface area contributed by atoms with Crippen molar-refractivity contribution in [3.05, 3.63) is 0 Å². The first-order chi connectivity index (χ1) is 9.04. The molecule has 0 aromatic heterocycles. The minimum Gasteiger partial charge on any atom is -0.481 e. The van der Waals surface area contributed by atoms with Crippen molar-refractivity contribution in [1.29, 1.82) is 0 Å². The minimum atomic E-state index is -0.829. The monoisotopic (exact) mass is 269 g/mol.